The molecule has 1 N–H and O–H groups in total. The lowest BCUT2D eigenvalue weighted by Gasteiger charge is -2.17. The van der Waals surface area contributed by atoms with Crippen LogP contribution in [-0.4, -0.2) is 39.3 Å². The highest BCUT2D eigenvalue weighted by molar-refractivity contribution is 7.89. The molecule has 0 aromatic carbocycles. The first kappa shape index (κ1) is 16.2. The highest BCUT2D eigenvalue weighted by Crippen LogP contribution is 2.07. The van der Waals surface area contributed by atoms with Crippen molar-refractivity contribution < 1.29 is 13.2 Å². The molecule has 0 spiro atoms. The third-order valence-electron chi connectivity index (χ3n) is 1.99. The first-order chi connectivity index (χ1) is 7.41. The van der Waals surface area contributed by atoms with Crippen molar-refractivity contribution >= 4 is 21.6 Å². The summed E-state index contributed by atoms with van der Waals surface area (Å²) >= 11 is 5.72. The largest absolute Gasteiger partial charge is 0.381 e. The van der Waals surface area contributed by atoms with E-state index >= 15 is 0 Å². The first-order valence-electron chi connectivity index (χ1n) is 5.55. The molecule has 0 amide bonds. The minimum Gasteiger partial charge on any atom is -0.381 e. The second kappa shape index (κ2) is 8.28. The summed E-state index contributed by atoms with van der Waals surface area (Å²) in [7, 11) is -3.27. The van der Waals surface area contributed by atoms with Crippen LogP contribution in [-0.2, 0) is 14.8 Å². The maximum absolute atomic E-state index is 11.6. The molecule has 0 aliphatic heterocycles. The standard InChI is InChI=1S/C10H22ClNO3S/c1-4-15-5-6-16(13,14)12-10(8-11)7-9(2)3/h9-10,12H,4-8H2,1-3H3. The monoisotopic (exact) mass is 271 g/mol. The van der Waals surface area contributed by atoms with Gasteiger partial charge in [-0.2, -0.15) is 0 Å². The van der Waals surface area contributed by atoms with Crippen molar-refractivity contribution in [1.82, 2.24) is 4.72 Å². The van der Waals surface area contributed by atoms with Crippen LogP contribution in [0.25, 0.3) is 0 Å². The third-order valence-corrected chi connectivity index (χ3v) is 3.76. The van der Waals surface area contributed by atoms with Gasteiger partial charge in [-0.05, 0) is 19.3 Å². The van der Waals surface area contributed by atoms with Crippen molar-refractivity contribution in [1.29, 1.82) is 0 Å². The second-order valence-electron chi connectivity index (χ2n) is 4.11. The molecule has 0 fully saturated rings. The summed E-state index contributed by atoms with van der Waals surface area (Å²) in [6.45, 7) is 6.66. The number of halogens is 1. The lowest BCUT2D eigenvalue weighted by Crippen LogP contribution is -2.39. The molecule has 98 valence electrons. The normalized spacial score (nSPS) is 14.3. The smallest absolute Gasteiger partial charge is 0.214 e. The van der Waals surface area contributed by atoms with E-state index in [-0.39, 0.29) is 18.4 Å². The van der Waals surface area contributed by atoms with E-state index in [1.54, 1.807) is 0 Å². The van der Waals surface area contributed by atoms with Crippen molar-refractivity contribution in [2.24, 2.45) is 5.92 Å². The zero-order chi connectivity index (χ0) is 12.6. The van der Waals surface area contributed by atoms with Gasteiger partial charge in [0.1, 0.15) is 0 Å². The first-order valence-corrected chi connectivity index (χ1v) is 7.73. The Morgan fingerprint density at radius 1 is 1.38 bits per heavy atom. The molecule has 6 heteroatoms. The molecular weight excluding hydrogens is 250 g/mol. The summed E-state index contributed by atoms with van der Waals surface area (Å²) in [6.07, 6.45) is 0.747. The van der Waals surface area contributed by atoms with Crippen LogP contribution in [0, 0.1) is 5.92 Å². The fourth-order valence-electron chi connectivity index (χ4n) is 1.34. The van der Waals surface area contributed by atoms with Gasteiger partial charge in [-0.1, -0.05) is 13.8 Å². The van der Waals surface area contributed by atoms with Gasteiger partial charge in [-0.3, -0.25) is 0 Å². The average Bonchev–Trinajstić information content (AvgIpc) is 2.15. The van der Waals surface area contributed by atoms with Crippen molar-refractivity contribution in [2.75, 3.05) is 24.8 Å². The van der Waals surface area contributed by atoms with Gasteiger partial charge in [-0.25, -0.2) is 13.1 Å². The topological polar surface area (TPSA) is 55.4 Å². The number of ether oxygens (including phenoxy) is 1. The zero-order valence-electron chi connectivity index (χ0n) is 10.2. The third kappa shape index (κ3) is 8.33. The molecule has 4 nitrogen and oxygen atoms in total. The van der Waals surface area contributed by atoms with Crippen molar-refractivity contribution in [3.05, 3.63) is 0 Å². The molecule has 16 heavy (non-hydrogen) atoms. The SMILES string of the molecule is CCOCCS(=O)(=O)NC(CCl)CC(C)C. The Bertz CT molecular complexity index is 267. The van der Waals surface area contributed by atoms with Crippen LogP contribution in [0.2, 0.25) is 0 Å². The summed E-state index contributed by atoms with van der Waals surface area (Å²) in [5.41, 5.74) is 0. The van der Waals surface area contributed by atoms with Gasteiger partial charge in [0.15, 0.2) is 0 Å². The van der Waals surface area contributed by atoms with Gasteiger partial charge in [-0.15, -0.1) is 11.6 Å². The molecule has 0 aliphatic rings. The minimum absolute atomic E-state index is 0.00761. The molecule has 0 aromatic heterocycles. The number of hydrogen-bond donors (Lipinski definition) is 1. The maximum Gasteiger partial charge on any atom is 0.214 e. The molecule has 0 saturated heterocycles. The summed E-state index contributed by atoms with van der Waals surface area (Å²) in [5, 5.41) is 0. The Kier molecular flexibility index (Phi) is 8.36. The molecule has 0 bridgehead atoms. The van der Waals surface area contributed by atoms with E-state index in [1.165, 1.54) is 0 Å². The van der Waals surface area contributed by atoms with Crippen LogP contribution >= 0.6 is 11.6 Å². The second-order valence-corrected chi connectivity index (χ2v) is 6.30. The van der Waals surface area contributed by atoms with Crippen molar-refractivity contribution in [3.8, 4) is 0 Å². The summed E-state index contributed by atoms with van der Waals surface area (Å²) < 4.78 is 30.8. The summed E-state index contributed by atoms with van der Waals surface area (Å²) in [6, 6.07) is -0.187. The van der Waals surface area contributed by atoms with Crippen LogP contribution in [0.3, 0.4) is 0 Å². The zero-order valence-corrected chi connectivity index (χ0v) is 11.8. The number of sulfonamides is 1. The van der Waals surface area contributed by atoms with E-state index in [2.05, 4.69) is 4.72 Å². The van der Waals surface area contributed by atoms with E-state index in [4.69, 9.17) is 16.3 Å². The fraction of sp³-hybridized carbons (Fsp3) is 1.00. The van der Waals surface area contributed by atoms with Gasteiger partial charge in [0, 0.05) is 18.5 Å². The van der Waals surface area contributed by atoms with Gasteiger partial charge in [0.25, 0.3) is 0 Å². The van der Waals surface area contributed by atoms with E-state index in [0.29, 0.717) is 18.4 Å². The molecule has 0 heterocycles. The Morgan fingerprint density at radius 2 is 2.00 bits per heavy atom. The number of rotatable bonds is 9. The molecule has 1 atom stereocenters. The summed E-state index contributed by atoms with van der Waals surface area (Å²) in [5.74, 6) is 0.705. The number of alkyl halides is 1. The van der Waals surface area contributed by atoms with Crippen LogP contribution in [0.5, 0.6) is 0 Å². The van der Waals surface area contributed by atoms with Crippen molar-refractivity contribution in [3.63, 3.8) is 0 Å². The quantitative estimate of drug-likeness (QED) is 0.512. The highest BCUT2D eigenvalue weighted by Gasteiger charge is 2.17. The van der Waals surface area contributed by atoms with E-state index < -0.39 is 10.0 Å². The predicted octanol–water partition coefficient (Wildman–Crippen LogP) is 1.60. The molecule has 0 radical (unpaired) electrons. The Morgan fingerprint density at radius 3 is 2.44 bits per heavy atom. The fourth-order valence-corrected chi connectivity index (χ4v) is 2.77. The maximum atomic E-state index is 11.6. The van der Waals surface area contributed by atoms with Gasteiger partial charge in [0.05, 0.1) is 12.4 Å². The number of nitrogens with one attached hydrogen (secondary N) is 1. The lowest BCUT2D eigenvalue weighted by molar-refractivity contribution is 0.163. The van der Waals surface area contributed by atoms with Crippen LogP contribution in [0.1, 0.15) is 27.2 Å². The van der Waals surface area contributed by atoms with E-state index in [0.717, 1.165) is 6.42 Å². The predicted molar refractivity (Wildman–Crippen MR) is 67.4 cm³/mol. The Labute approximate surface area is 104 Å². The van der Waals surface area contributed by atoms with Crippen LogP contribution in [0.15, 0.2) is 0 Å². The minimum atomic E-state index is -3.27. The van der Waals surface area contributed by atoms with Crippen molar-refractivity contribution in [2.45, 2.75) is 33.2 Å². The molecule has 0 aromatic rings. The molecule has 0 saturated carbocycles. The van der Waals surface area contributed by atoms with Gasteiger partial charge < -0.3 is 4.74 Å². The Hall–Kier alpha value is 0.160. The highest BCUT2D eigenvalue weighted by atomic mass is 35.5. The van der Waals surface area contributed by atoms with E-state index in [9.17, 15) is 8.42 Å². The molecular formula is C10H22ClNO3S. The average molecular weight is 272 g/mol. The molecule has 0 aliphatic carbocycles. The van der Waals surface area contributed by atoms with Gasteiger partial charge in [0.2, 0.25) is 10.0 Å². The Balaban J connectivity index is 4.10. The van der Waals surface area contributed by atoms with Crippen LogP contribution in [0.4, 0.5) is 0 Å². The summed E-state index contributed by atoms with van der Waals surface area (Å²) in [4.78, 5) is 0. The lowest BCUT2D eigenvalue weighted by atomic mass is 10.1. The number of hydrogen-bond acceptors (Lipinski definition) is 3. The van der Waals surface area contributed by atoms with Crippen LogP contribution < -0.4 is 4.72 Å². The molecule has 1 unspecified atom stereocenters. The molecule has 0 rings (SSSR count). The van der Waals surface area contributed by atoms with Gasteiger partial charge >= 0.3 is 0 Å². The van der Waals surface area contributed by atoms with E-state index in [1.807, 2.05) is 20.8 Å².